The van der Waals surface area contributed by atoms with E-state index in [9.17, 15) is 21.6 Å². The average molecular weight is 641 g/mol. The summed E-state index contributed by atoms with van der Waals surface area (Å²) in [5, 5.41) is 0.447. The first kappa shape index (κ1) is 29.9. The van der Waals surface area contributed by atoms with E-state index in [1.54, 1.807) is 29.2 Å². The number of rotatable bonds is 8. The number of nitrogens with zero attached hydrogens (tertiary/aromatic N) is 4. The molecule has 0 saturated carbocycles. The molecule has 6 rings (SSSR count). The standard InChI is InChI=1S/C30H32N4O6S3/c1-42(36,37)26-10-11-27-28(20-26)41-30(31-27)34(15-14-32-16-18-40-19-17-32)29(35)23-6-8-25(9-7-23)43(38,39)33-13-12-22-4-2-3-5-24(22)21-33/h2-11,20H,12-19,21H2,1H3. The van der Waals surface area contributed by atoms with Gasteiger partial charge in [-0.25, -0.2) is 21.8 Å². The summed E-state index contributed by atoms with van der Waals surface area (Å²) in [4.78, 5) is 22.7. The molecule has 10 nitrogen and oxygen atoms in total. The van der Waals surface area contributed by atoms with Gasteiger partial charge in [0.1, 0.15) is 0 Å². The first-order valence-corrected chi connectivity index (χ1v) is 18.1. The quantitative estimate of drug-likeness (QED) is 0.288. The number of benzene rings is 3. The normalized spacial score (nSPS) is 16.7. The van der Waals surface area contributed by atoms with E-state index in [0.29, 0.717) is 66.7 Å². The Balaban J connectivity index is 1.26. The zero-order valence-corrected chi connectivity index (χ0v) is 26.1. The van der Waals surface area contributed by atoms with Crippen LogP contribution in [0.15, 0.2) is 76.5 Å². The molecule has 3 heterocycles. The van der Waals surface area contributed by atoms with Crippen LogP contribution in [0.3, 0.4) is 0 Å². The molecule has 1 saturated heterocycles. The third-order valence-electron chi connectivity index (χ3n) is 7.83. The third-order valence-corrected chi connectivity index (χ3v) is 11.8. The number of ether oxygens (including phenoxy) is 1. The SMILES string of the molecule is CS(=O)(=O)c1ccc2nc(N(CCN3CCOCC3)C(=O)c3ccc(S(=O)(=O)N4CCc5ccccc5C4)cc3)sc2c1. The summed E-state index contributed by atoms with van der Waals surface area (Å²) in [6.07, 6.45) is 1.81. The van der Waals surface area contributed by atoms with Crippen molar-refractivity contribution >= 4 is 52.5 Å². The van der Waals surface area contributed by atoms with Crippen molar-refractivity contribution in [1.29, 1.82) is 0 Å². The maximum atomic E-state index is 13.9. The zero-order valence-electron chi connectivity index (χ0n) is 23.7. The summed E-state index contributed by atoms with van der Waals surface area (Å²) in [5.74, 6) is -0.313. The fraction of sp³-hybridized carbons (Fsp3) is 0.333. The number of morpholine rings is 1. The van der Waals surface area contributed by atoms with Crippen LogP contribution in [0.1, 0.15) is 21.5 Å². The number of sulfonamides is 1. The van der Waals surface area contributed by atoms with Gasteiger partial charge in [-0.1, -0.05) is 35.6 Å². The molecule has 0 atom stereocenters. The van der Waals surface area contributed by atoms with E-state index in [-0.39, 0.29) is 15.7 Å². The summed E-state index contributed by atoms with van der Waals surface area (Å²) in [6.45, 7) is 4.43. The van der Waals surface area contributed by atoms with Crippen molar-refractivity contribution in [1.82, 2.24) is 14.2 Å². The van der Waals surface area contributed by atoms with Crippen molar-refractivity contribution in [3.8, 4) is 0 Å². The molecule has 4 aromatic rings. The Hall–Kier alpha value is -3.20. The van der Waals surface area contributed by atoms with Crippen LogP contribution >= 0.6 is 11.3 Å². The van der Waals surface area contributed by atoms with E-state index in [4.69, 9.17) is 4.74 Å². The largest absolute Gasteiger partial charge is 0.379 e. The number of carbonyl (C=O) groups is 1. The second kappa shape index (κ2) is 12.1. The molecule has 0 spiro atoms. The Bertz CT molecular complexity index is 1870. The van der Waals surface area contributed by atoms with Crippen LogP contribution in [0.4, 0.5) is 5.13 Å². The average Bonchev–Trinajstić information content (AvgIpc) is 3.44. The van der Waals surface area contributed by atoms with Crippen LogP contribution in [0.5, 0.6) is 0 Å². The van der Waals surface area contributed by atoms with E-state index in [0.717, 1.165) is 30.5 Å². The molecule has 43 heavy (non-hydrogen) atoms. The van der Waals surface area contributed by atoms with Crippen LogP contribution in [-0.2, 0) is 37.6 Å². The lowest BCUT2D eigenvalue weighted by Crippen LogP contribution is -2.43. The van der Waals surface area contributed by atoms with Gasteiger partial charge in [0, 0.05) is 51.1 Å². The molecule has 2 aliphatic rings. The van der Waals surface area contributed by atoms with Crippen molar-refractivity contribution in [2.24, 2.45) is 0 Å². The summed E-state index contributed by atoms with van der Waals surface area (Å²) in [7, 11) is -7.15. The van der Waals surface area contributed by atoms with Crippen molar-refractivity contribution in [2.45, 2.75) is 22.8 Å². The summed E-state index contributed by atoms with van der Waals surface area (Å²) in [6, 6.07) is 18.7. The molecule has 1 amide bonds. The van der Waals surface area contributed by atoms with Crippen molar-refractivity contribution in [2.75, 3.05) is 57.1 Å². The molecule has 1 fully saturated rings. The number of carbonyl (C=O) groups excluding carboxylic acids is 1. The molecule has 0 unspecified atom stereocenters. The van der Waals surface area contributed by atoms with Gasteiger partial charge < -0.3 is 4.74 Å². The summed E-state index contributed by atoms with van der Waals surface area (Å²) >= 11 is 1.25. The number of fused-ring (bicyclic) bond motifs is 2. The maximum absolute atomic E-state index is 13.9. The van der Waals surface area contributed by atoms with Crippen molar-refractivity contribution in [3.63, 3.8) is 0 Å². The van der Waals surface area contributed by atoms with Gasteiger partial charge in [-0.3, -0.25) is 14.6 Å². The van der Waals surface area contributed by atoms with Gasteiger partial charge >= 0.3 is 0 Å². The summed E-state index contributed by atoms with van der Waals surface area (Å²) < 4.78 is 58.7. The number of anilines is 1. The Kier molecular flexibility index (Phi) is 8.37. The first-order chi connectivity index (χ1) is 20.6. The van der Waals surface area contributed by atoms with Crippen LogP contribution in [0, 0.1) is 0 Å². The van der Waals surface area contributed by atoms with E-state index in [1.165, 1.54) is 33.8 Å². The molecule has 0 radical (unpaired) electrons. The molecule has 0 bridgehead atoms. The predicted octanol–water partition coefficient (Wildman–Crippen LogP) is 3.43. The minimum absolute atomic E-state index is 0.136. The highest BCUT2D eigenvalue weighted by atomic mass is 32.2. The van der Waals surface area contributed by atoms with E-state index >= 15 is 0 Å². The number of amides is 1. The van der Waals surface area contributed by atoms with Gasteiger partial charge in [0.05, 0.1) is 33.2 Å². The van der Waals surface area contributed by atoms with Crippen molar-refractivity contribution < 1.29 is 26.4 Å². The zero-order chi connectivity index (χ0) is 30.2. The number of aromatic nitrogens is 1. The molecular weight excluding hydrogens is 609 g/mol. The summed E-state index contributed by atoms with van der Waals surface area (Å²) in [5.41, 5.74) is 3.09. The molecule has 0 aliphatic carbocycles. The Morgan fingerprint density at radius 2 is 1.63 bits per heavy atom. The molecule has 2 aliphatic heterocycles. The first-order valence-electron chi connectivity index (χ1n) is 14.0. The number of sulfone groups is 1. The van der Waals surface area contributed by atoms with Crippen LogP contribution in [0.2, 0.25) is 0 Å². The van der Waals surface area contributed by atoms with Gasteiger partial charge in [-0.15, -0.1) is 0 Å². The molecule has 226 valence electrons. The van der Waals surface area contributed by atoms with Gasteiger partial charge in [-0.05, 0) is 60.0 Å². The number of hydrogen-bond acceptors (Lipinski definition) is 9. The second-order valence-electron chi connectivity index (χ2n) is 10.7. The Morgan fingerprint density at radius 1 is 0.930 bits per heavy atom. The van der Waals surface area contributed by atoms with Gasteiger partial charge in [0.15, 0.2) is 15.0 Å². The fourth-order valence-corrected chi connectivity index (χ4v) is 8.51. The second-order valence-corrected chi connectivity index (χ2v) is 15.7. The Morgan fingerprint density at radius 3 is 2.35 bits per heavy atom. The minimum atomic E-state index is -3.75. The smallest absolute Gasteiger partial charge is 0.260 e. The highest BCUT2D eigenvalue weighted by Crippen LogP contribution is 2.32. The van der Waals surface area contributed by atoms with E-state index in [1.807, 2.05) is 24.3 Å². The van der Waals surface area contributed by atoms with Crippen LogP contribution in [-0.4, -0.2) is 89.1 Å². The van der Waals surface area contributed by atoms with E-state index < -0.39 is 19.9 Å². The molecular formula is C30H32N4O6S3. The Labute approximate surface area is 255 Å². The molecule has 0 N–H and O–H groups in total. The lowest BCUT2D eigenvalue weighted by Gasteiger charge is -2.29. The monoisotopic (exact) mass is 640 g/mol. The van der Waals surface area contributed by atoms with Crippen molar-refractivity contribution in [3.05, 3.63) is 83.4 Å². The molecule has 1 aromatic heterocycles. The highest BCUT2D eigenvalue weighted by Gasteiger charge is 2.29. The molecule has 3 aromatic carbocycles. The lowest BCUT2D eigenvalue weighted by molar-refractivity contribution is 0.0391. The predicted molar refractivity (Wildman–Crippen MR) is 166 cm³/mol. The van der Waals surface area contributed by atoms with Crippen LogP contribution < -0.4 is 4.90 Å². The van der Waals surface area contributed by atoms with E-state index in [2.05, 4.69) is 9.88 Å². The number of hydrogen-bond donors (Lipinski definition) is 0. The topological polar surface area (TPSA) is 117 Å². The maximum Gasteiger partial charge on any atom is 0.260 e. The van der Waals surface area contributed by atoms with Gasteiger partial charge in [0.25, 0.3) is 5.91 Å². The fourth-order valence-electron chi connectivity index (χ4n) is 5.34. The third kappa shape index (κ3) is 6.37. The lowest BCUT2D eigenvalue weighted by atomic mass is 10.0. The highest BCUT2D eigenvalue weighted by molar-refractivity contribution is 7.90. The number of thiazole rings is 1. The van der Waals surface area contributed by atoms with Gasteiger partial charge in [-0.2, -0.15) is 4.31 Å². The van der Waals surface area contributed by atoms with Gasteiger partial charge in [0.2, 0.25) is 10.0 Å². The minimum Gasteiger partial charge on any atom is -0.379 e. The molecule has 13 heteroatoms. The van der Waals surface area contributed by atoms with Crippen LogP contribution in [0.25, 0.3) is 10.2 Å².